The summed E-state index contributed by atoms with van der Waals surface area (Å²) in [4.78, 5) is 43.1. The molecule has 0 radical (unpaired) electrons. The number of aromatic nitrogens is 6. The minimum atomic E-state index is -0.577. The lowest BCUT2D eigenvalue weighted by Crippen LogP contribution is -2.37. The van der Waals surface area contributed by atoms with E-state index in [1.165, 1.54) is 23.1 Å². The van der Waals surface area contributed by atoms with Gasteiger partial charge in [0, 0.05) is 23.6 Å². The topological polar surface area (TPSA) is 138 Å². The van der Waals surface area contributed by atoms with Gasteiger partial charge in [0.1, 0.15) is 5.60 Å². The second-order valence-corrected chi connectivity index (χ2v) is 10.4. The number of aryl methyl sites for hydroxylation is 1. The Balaban J connectivity index is 1.55. The number of thioether (sulfide) groups is 1. The fraction of sp³-hybridized carbons (Fsp3) is 0.556. The molecule has 1 amide bonds. The Morgan fingerprint density at radius 3 is 2.77 bits per heavy atom. The van der Waals surface area contributed by atoms with E-state index in [-0.39, 0.29) is 12.1 Å². The van der Waals surface area contributed by atoms with Gasteiger partial charge in [-0.05, 0) is 40.5 Å². The van der Waals surface area contributed by atoms with Gasteiger partial charge in [0.15, 0.2) is 10.2 Å². The summed E-state index contributed by atoms with van der Waals surface area (Å²) >= 11 is 2.73. The minimum Gasteiger partial charge on any atom is -0.444 e. The number of ether oxygens (including phenoxy) is 1. The first-order chi connectivity index (χ1) is 14.6. The van der Waals surface area contributed by atoms with Gasteiger partial charge in [0.05, 0.1) is 6.04 Å². The van der Waals surface area contributed by atoms with Crippen LogP contribution in [-0.4, -0.2) is 52.9 Å². The van der Waals surface area contributed by atoms with Gasteiger partial charge in [-0.1, -0.05) is 23.1 Å². The molecule has 0 aliphatic carbocycles. The number of rotatable bonds is 4. The smallest absolute Gasteiger partial charge is 0.410 e. The van der Waals surface area contributed by atoms with Gasteiger partial charge in [-0.3, -0.25) is 14.7 Å². The Hall–Kier alpha value is -2.67. The summed E-state index contributed by atoms with van der Waals surface area (Å²) in [6, 6.07) is -0.255. The molecule has 1 saturated heterocycles. The van der Waals surface area contributed by atoms with E-state index in [9.17, 15) is 14.4 Å². The number of H-pyrrole nitrogens is 2. The van der Waals surface area contributed by atoms with Gasteiger partial charge in [0.25, 0.3) is 5.56 Å². The normalized spacial score (nSPS) is 16.9. The highest BCUT2D eigenvalue weighted by molar-refractivity contribution is 8.00. The molecule has 31 heavy (non-hydrogen) atoms. The number of likely N-dealkylation sites (tertiary alicyclic amines) is 1. The zero-order valence-electron chi connectivity index (χ0n) is 17.6. The summed E-state index contributed by atoms with van der Waals surface area (Å²) in [5.74, 6) is 0.949. The van der Waals surface area contributed by atoms with Crippen LogP contribution < -0.4 is 11.2 Å². The van der Waals surface area contributed by atoms with Crippen molar-refractivity contribution in [3.05, 3.63) is 37.9 Å². The van der Waals surface area contributed by atoms with Gasteiger partial charge < -0.3 is 9.72 Å². The average Bonchev–Trinajstić information content (AvgIpc) is 3.34. The lowest BCUT2D eigenvalue weighted by Gasteiger charge is -2.27. The lowest BCUT2D eigenvalue weighted by molar-refractivity contribution is 0.0217. The highest BCUT2D eigenvalue weighted by atomic mass is 32.2. The number of carbonyl (C=O) groups excluding carboxylic acids is 1. The number of aromatic amines is 2. The largest absolute Gasteiger partial charge is 0.444 e. The van der Waals surface area contributed by atoms with Crippen molar-refractivity contribution >= 4 is 34.2 Å². The quantitative estimate of drug-likeness (QED) is 0.560. The second kappa shape index (κ2) is 8.11. The first kappa shape index (κ1) is 21.6. The maximum absolute atomic E-state index is 12.6. The molecule has 0 bridgehead atoms. The number of hydrogen-bond donors (Lipinski definition) is 2. The fourth-order valence-corrected chi connectivity index (χ4v) is 5.36. The van der Waals surface area contributed by atoms with E-state index in [2.05, 4.69) is 25.3 Å². The van der Waals surface area contributed by atoms with Crippen molar-refractivity contribution in [2.24, 2.45) is 0 Å². The number of carbonyl (C=O) groups is 1. The summed E-state index contributed by atoms with van der Waals surface area (Å²) < 4.78 is 7.90. The van der Waals surface area contributed by atoms with Crippen molar-refractivity contribution in [2.75, 3.05) is 6.54 Å². The van der Waals surface area contributed by atoms with E-state index >= 15 is 0 Å². The number of nitrogens with zero attached hydrogens (tertiary/aromatic N) is 5. The van der Waals surface area contributed by atoms with Crippen molar-refractivity contribution < 1.29 is 9.53 Å². The zero-order valence-corrected chi connectivity index (χ0v) is 19.2. The van der Waals surface area contributed by atoms with Gasteiger partial charge >= 0.3 is 11.8 Å². The van der Waals surface area contributed by atoms with Crippen LogP contribution in [0.4, 0.5) is 4.79 Å². The third-order valence-electron chi connectivity index (χ3n) is 4.77. The standard InChI is InChI=1S/C18H23N7O4S2/c1-9-10(13(26)20-14(27)19-9)8-30-16-23-25-12(21-22-15(25)31-16)11-6-5-7-24(11)17(28)29-18(2,3)4/h11H,5-8H2,1-4H3,(H2,19,20,26,27)/t11-/m1/s1. The molecule has 166 valence electrons. The Morgan fingerprint density at radius 1 is 1.29 bits per heavy atom. The van der Waals surface area contributed by atoms with E-state index in [0.29, 0.717) is 38.7 Å². The molecule has 0 unspecified atom stereocenters. The van der Waals surface area contributed by atoms with Crippen LogP contribution in [-0.2, 0) is 10.5 Å². The van der Waals surface area contributed by atoms with E-state index in [0.717, 1.165) is 12.8 Å². The van der Waals surface area contributed by atoms with Gasteiger partial charge in [0.2, 0.25) is 4.96 Å². The molecule has 0 aromatic carbocycles. The van der Waals surface area contributed by atoms with Crippen LogP contribution in [0.25, 0.3) is 4.96 Å². The van der Waals surface area contributed by atoms with Crippen LogP contribution in [0.15, 0.2) is 13.9 Å². The van der Waals surface area contributed by atoms with E-state index in [1.54, 1.807) is 16.3 Å². The Kier molecular flexibility index (Phi) is 5.64. The summed E-state index contributed by atoms with van der Waals surface area (Å²) in [7, 11) is 0. The maximum atomic E-state index is 12.6. The van der Waals surface area contributed by atoms with Crippen LogP contribution in [0.3, 0.4) is 0 Å². The third-order valence-corrected chi connectivity index (χ3v) is 6.83. The first-order valence-corrected chi connectivity index (χ1v) is 11.6. The monoisotopic (exact) mass is 465 g/mol. The molecule has 3 aromatic rings. The highest BCUT2D eigenvalue weighted by Gasteiger charge is 2.36. The maximum Gasteiger partial charge on any atom is 0.410 e. The molecular weight excluding hydrogens is 442 g/mol. The molecule has 2 N–H and O–H groups in total. The van der Waals surface area contributed by atoms with Gasteiger partial charge in [-0.25, -0.2) is 9.59 Å². The van der Waals surface area contributed by atoms with Crippen LogP contribution in [0.5, 0.6) is 0 Å². The van der Waals surface area contributed by atoms with Crippen LogP contribution in [0.1, 0.15) is 56.7 Å². The zero-order chi connectivity index (χ0) is 22.3. The molecular formula is C18H23N7O4S2. The second-order valence-electron chi connectivity index (χ2n) is 8.25. The summed E-state index contributed by atoms with van der Waals surface area (Å²) in [5, 5.41) is 13.1. The Labute approximate surface area is 185 Å². The van der Waals surface area contributed by atoms with Crippen molar-refractivity contribution in [1.82, 2.24) is 34.7 Å². The fourth-order valence-electron chi connectivity index (χ4n) is 3.39. The summed E-state index contributed by atoms with van der Waals surface area (Å²) in [6.45, 7) is 7.79. The Morgan fingerprint density at radius 2 is 2.06 bits per heavy atom. The SMILES string of the molecule is Cc1[nH]c(=O)[nH]c(=O)c1CSc1nn2c([C@H]3CCCN3C(=O)OC(C)(C)C)nnc2s1. The van der Waals surface area contributed by atoms with Crippen molar-refractivity contribution in [3.63, 3.8) is 0 Å². The number of nitrogens with one attached hydrogen (secondary N) is 2. The summed E-state index contributed by atoms with van der Waals surface area (Å²) in [5.41, 5.74) is -0.485. The van der Waals surface area contributed by atoms with Crippen molar-refractivity contribution in [1.29, 1.82) is 0 Å². The molecule has 1 aliphatic heterocycles. The predicted molar refractivity (Wildman–Crippen MR) is 116 cm³/mol. The molecule has 11 nitrogen and oxygen atoms in total. The lowest BCUT2D eigenvalue weighted by atomic mass is 10.2. The molecule has 13 heteroatoms. The van der Waals surface area contributed by atoms with E-state index < -0.39 is 16.9 Å². The molecule has 1 atom stereocenters. The molecule has 4 heterocycles. The predicted octanol–water partition coefficient (Wildman–Crippen LogP) is 2.24. The number of fused-ring (bicyclic) bond motifs is 1. The van der Waals surface area contributed by atoms with Gasteiger partial charge in [-0.2, -0.15) is 4.52 Å². The molecule has 0 spiro atoms. The van der Waals surface area contributed by atoms with Crippen LogP contribution in [0, 0.1) is 6.92 Å². The van der Waals surface area contributed by atoms with E-state index in [4.69, 9.17) is 4.74 Å². The number of amides is 1. The molecule has 3 aromatic heterocycles. The first-order valence-electron chi connectivity index (χ1n) is 9.79. The van der Waals surface area contributed by atoms with Gasteiger partial charge in [-0.15, -0.1) is 15.3 Å². The van der Waals surface area contributed by atoms with Crippen LogP contribution >= 0.6 is 23.1 Å². The van der Waals surface area contributed by atoms with Crippen molar-refractivity contribution in [3.8, 4) is 0 Å². The van der Waals surface area contributed by atoms with Crippen LogP contribution in [0.2, 0.25) is 0 Å². The average molecular weight is 466 g/mol. The Bertz CT molecular complexity index is 1240. The molecule has 1 fully saturated rings. The number of hydrogen-bond acceptors (Lipinski definition) is 9. The minimum absolute atomic E-state index is 0.255. The highest BCUT2D eigenvalue weighted by Crippen LogP contribution is 2.34. The molecule has 4 rings (SSSR count). The van der Waals surface area contributed by atoms with Crippen molar-refractivity contribution in [2.45, 2.75) is 62.3 Å². The third kappa shape index (κ3) is 4.51. The van der Waals surface area contributed by atoms with E-state index in [1.807, 2.05) is 20.8 Å². The molecule has 1 aliphatic rings. The summed E-state index contributed by atoms with van der Waals surface area (Å²) in [6.07, 6.45) is 1.23. The molecule has 0 saturated carbocycles.